The lowest BCUT2D eigenvalue weighted by Crippen LogP contribution is -2.29. The number of thiocarbonyl (C=S) groups is 1. The maximum Gasteiger partial charge on any atom is 0.170 e. The summed E-state index contributed by atoms with van der Waals surface area (Å²) in [7, 11) is 0. The number of rotatable bonds is 18. The molecule has 1 aromatic carbocycles. The second-order valence-corrected chi connectivity index (χ2v) is 8.46. The van der Waals surface area contributed by atoms with E-state index in [2.05, 4.69) is 17.6 Å². The molecule has 0 saturated carbocycles. The van der Waals surface area contributed by atoms with Gasteiger partial charge in [-0.05, 0) is 30.8 Å². The van der Waals surface area contributed by atoms with Gasteiger partial charge >= 0.3 is 0 Å². The molecule has 0 atom stereocenters. The van der Waals surface area contributed by atoms with E-state index in [1.807, 2.05) is 30.3 Å². The maximum absolute atomic E-state index is 5.32. The number of nitrogens with one attached hydrogen (secondary N) is 2. The summed E-state index contributed by atoms with van der Waals surface area (Å²) in [5, 5.41) is 7.25. The Morgan fingerprint density at radius 3 is 1.54 bits per heavy atom. The fraction of sp³-hybridized carbons (Fsp3) is 0.720. The molecule has 0 spiro atoms. The predicted molar refractivity (Wildman–Crippen MR) is 130 cm³/mol. The van der Waals surface area contributed by atoms with Crippen molar-refractivity contribution in [3.63, 3.8) is 0 Å². The average molecular weight is 405 g/mol. The topological polar surface area (TPSA) is 24.1 Å². The number of hydrogen-bond acceptors (Lipinski definition) is 1. The highest BCUT2D eigenvalue weighted by atomic mass is 32.1. The molecule has 0 amide bonds. The van der Waals surface area contributed by atoms with E-state index in [1.165, 1.54) is 103 Å². The van der Waals surface area contributed by atoms with Crippen molar-refractivity contribution in [1.82, 2.24) is 5.32 Å². The van der Waals surface area contributed by atoms with Crippen LogP contribution in [0.2, 0.25) is 0 Å². The largest absolute Gasteiger partial charge is 0.362 e. The predicted octanol–water partition coefficient (Wildman–Crippen LogP) is 8.23. The number of unbranched alkanes of at least 4 members (excludes halogenated alkanes) is 15. The third kappa shape index (κ3) is 15.9. The molecule has 0 radical (unpaired) electrons. The van der Waals surface area contributed by atoms with E-state index in [-0.39, 0.29) is 0 Å². The minimum Gasteiger partial charge on any atom is -0.362 e. The second kappa shape index (κ2) is 19.2. The molecule has 2 N–H and O–H groups in total. The maximum atomic E-state index is 5.32. The van der Waals surface area contributed by atoms with Crippen molar-refractivity contribution in [1.29, 1.82) is 0 Å². The molecule has 0 unspecified atom stereocenters. The van der Waals surface area contributed by atoms with Crippen molar-refractivity contribution >= 4 is 23.0 Å². The van der Waals surface area contributed by atoms with E-state index in [4.69, 9.17) is 12.2 Å². The third-order valence-corrected chi connectivity index (χ3v) is 5.59. The van der Waals surface area contributed by atoms with Crippen LogP contribution in [-0.2, 0) is 0 Å². The molecule has 0 aliphatic heterocycles. The van der Waals surface area contributed by atoms with Crippen LogP contribution < -0.4 is 10.6 Å². The zero-order valence-corrected chi connectivity index (χ0v) is 19.1. The Kier molecular flexibility index (Phi) is 17.1. The van der Waals surface area contributed by atoms with E-state index in [9.17, 15) is 0 Å². The van der Waals surface area contributed by atoms with Gasteiger partial charge in [-0.3, -0.25) is 0 Å². The normalized spacial score (nSPS) is 10.8. The summed E-state index contributed by atoms with van der Waals surface area (Å²) in [6.45, 7) is 3.26. The zero-order valence-electron chi connectivity index (χ0n) is 18.3. The molecule has 0 aliphatic rings. The van der Waals surface area contributed by atoms with Crippen LogP contribution in [0, 0.1) is 0 Å². The van der Waals surface area contributed by atoms with Crippen molar-refractivity contribution in [2.24, 2.45) is 0 Å². The summed E-state index contributed by atoms with van der Waals surface area (Å²) in [5.74, 6) is 0. The van der Waals surface area contributed by atoms with Crippen LogP contribution in [0.15, 0.2) is 30.3 Å². The lowest BCUT2D eigenvalue weighted by molar-refractivity contribution is 0.529. The van der Waals surface area contributed by atoms with Gasteiger partial charge in [0.05, 0.1) is 0 Å². The first kappa shape index (κ1) is 24.9. The Morgan fingerprint density at radius 1 is 0.643 bits per heavy atom. The highest BCUT2D eigenvalue weighted by molar-refractivity contribution is 7.80. The summed E-state index contributed by atoms with van der Waals surface area (Å²) >= 11 is 5.32. The molecule has 1 aromatic rings. The van der Waals surface area contributed by atoms with E-state index in [1.54, 1.807) is 0 Å². The lowest BCUT2D eigenvalue weighted by Gasteiger charge is -2.10. The lowest BCUT2D eigenvalue weighted by atomic mass is 10.0. The summed E-state index contributed by atoms with van der Waals surface area (Å²) in [5.41, 5.74) is 1.05. The van der Waals surface area contributed by atoms with Crippen molar-refractivity contribution in [2.45, 2.75) is 110 Å². The molecule has 3 heteroatoms. The molecule has 0 aliphatic carbocycles. The Hall–Kier alpha value is -1.09. The Balaban J connectivity index is 1.74. The monoisotopic (exact) mass is 404 g/mol. The van der Waals surface area contributed by atoms with Gasteiger partial charge in [0.2, 0.25) is 0 Å². The molecule has 2 nitrogen and oxygen atoms in total. The molecule has 0 heterocycles. The van der Waals surface area contributed by atoms with Crippen LogP contribution in [0.1, 0.15) is 110 Å². The minimum absolute atomic E-state index is 0.729. The molecule has 0 bridgehead atoms. The molecule has 0 aromatic heterocycles. The van der Waals surface area contributed by atoms with Gasteiger partial charge in [-0.25, -0.2) is 0 Å². The summed E-state index contributed by atoms with van der Waals surface area (Å²) in [4.78, 5) is 0. The van der Waals surface area contributed by atoms with E-state index < -0.39 is 0 Å². The quantitative estimate of drug-likeness (QED) is 0.190. The first-order valence-electron chi connectivity index (χ1n) is 11.9. The number of benzene rings is 1. The standard InChI is InChI=1S/C25H44N2S/c1-2-3-4-5-6-7-8-9-10-11-12-13-14-15-16-20-23-26-25(28)27-24-21-18-17-19-22-24/h17-19,21-22H,2-16,20,23H2,1H3,(H2,26,27,28). The van der Waals surface area contributed by atoms with Crippen LogP contribution in [0.3, 0.4) is 0 Å². The third-order valence-electron chi connectivity index (χ3n) is 5.35. The number of anilines is 1. The average Bonchev–Trinajstić information content (AvgIpc) is 2.71. The van der Waals surface area contributed by atoms with Gasteiger partial charge in [-0.15, -0.1) is 0 Å². The molecular formula is C25H44N2S. The molecule has 28 heavy (non-hydrogen) atoms. The van der Waals surface area contributed by atoms with Gasteiger partial charge in [-0.2, -0.15) is 0 Å². The second-order valence-electron chi connectivity index (χ2n) is 8.05. The van der Waals surface area contributed by atoms with Crippen molar-refractivity contribution in [3.8, 4) is 0 Å². The van der Waals surface area contributed by atoms with Gasteiger partial charge in [0.25, 0.3) is 0 Å². The van der Waals surface area contributed by atoms with Crippen molar-refractivity contribution < 1.29 is 0 Å². The molecule has 160 valence electrons. The SMILES string of the molecule is CCCCCCCCCCCCCCCCCCNC(=S)Nc1ccccc1. The Labute approximate surface area is 180 Å². The van der Waals surface area contributed by atoms with E-state index >= 15 is 0 Å². The highest BCUT2D eigenvalue weighted by Gasteiger charge is 1.97. The van der Waals surface area contributed by atoms with Crippen LogP contribution in [0.5, 0.6) is 0 Å². The van der Waals surface area contributed by atoms with E-state index in [0.717, 1.165) is 17.3 Å². The van der Waals surface area contributed by atoms with Crippen molar-refractivity contribution in [3.05, 3.63) is 30.3 Å². The summed E-state index contributed by atoms with van der Waals surface area (Å²) in [6, 6.07) is 10.1. The van der Waals surface area contributed by atoms with Gasteiger partial charge in [0, 0.05) is 12.2 Å². The Bertz CT molecular complexity index is 461. The summed E-state index contributed by atoms with van der Waals surface area (Å²) < 4.78 is 0. The first-order chi connectivity index (χ1) is 13.8. The Morgan fingerprint density at radius 2 is 1.07 bits per heavy atom. The molecule has 0 fully saturated rings. The first-order valence-corrected chi connectivity index (χ1v) is 12.3. The minimum atomic E-state index is 0.729. The summed E-state index contributed by atoms with van der Waals surface area (Å²) in [6.07, 6.45) is 22.5. The van der Waals surface area contributed by atoms with Crippen LogP contribution in [-0.4, -0.2) is 11.7 Å². The van der Waals surface area contributed by atoms with Gasteiger partial charge in [-0.1, -0.05) is 121 Å². The molecule has 1 rings (SSSR count). The fourth-order valence-electron chi connectivity index (χ4n) is 3.57. The van der Waals surface area contributed by atoms with Crippen LogP contribution >= 0.6 is 12.2 Å². The number of hydrogen-bond donors (Lipinski definition) is 2. The van der Waals surface area contributed by atoms with Gasteiger partial charge in [0.1, 0.15) is 0 Å². The van der Waals surface area contributed by atoms with Gasteiger partial charge in [0.15, 0.2) is 5.11 Å². The zero-order chi connectivity index (χ0) is 20.1. The number of para-hydroxylation sites is 1. The van der Waals surface area contributed by atoms with E-state index in [0.29, 0.717) is 0 Å². The van der Waals surface area contributed by atoms with Crippen molar-refractivity contribution in [2.75, 3.05) is 11.9 Å². The smallest absolute Gasteiger partial charge is 0.170 e. The van der Waals surface area contributed by atoms with Crippen LogP contribution in [0.25, 0.3) is 0 Å². The highest BCUT2D eigenvalue weighted by Crippen LogP contribution is 2.13. The fourth-order valence-corrected chi connectivity index (χ4v) is 3.79. The van der Waals surface area contributed by atoms with Gasteiger partial charge < -0.3 is 10.6 Å². The van der Waals surface area contributed by atoms with Crippen LogP contribution in [0.4, 0.5) is 5.69 Å². The molecular weight excluding hydrogens is 360 g/mol. The molecule has 0 saturated heterocycles.